The van der Waals surface area contributed by atoms with Gasteiger partial charge in [0.15, 0.2) is 0 Å². The summed E-state index contributed by atoms with van der Waals surface area (Å²) < 4.78 is 6.01. The van der Waals surface area contributed by atoms with E-state index >= 15 is 0 Å². The lowest BCUT2D eigenvalue weighted by Crippen LogP contribution is -2.03. The van der Waals surface area contributed by atoms with Crippen LogP contribution in [0.15, 0.2) is 72.8 Å². The quantitative estimate of drug-likeness (QED) is 0.636. The first-order valence-corrected chi connectivity index (χ1v) is 8.00. The Morgan fingerprint density at radius 1 is 0.917 bits per heavy atom. The molecule has 0 aromatic heterocycles. The number of aryl methyl sites for hydroxylation is 1. The summed E-state index contributed by atoms with van der Waals surface area (Å²) in [6, 6.07) is 23.4. The molecule has 0 unspecified atom stereocenters. The van der Waals surface area contributed by atoms with Gasteiger partial charge in [0.1, 0.15) is 18.1 Å². The van der Waals surface area contributed by atoms with Gasteiger partial charge in [-0.15, -0.1) is 0 Å². The number of aromatic hydroxyl groups is 1. The van der Waals surface area contributed by atoms with Crippen molar-refractivity contribution in [3.63, 3.8) is 0 Å². The molecule has 2 N–H and O–H groups in total. The Bertz CT molecular complexity index is 797. The number of phenols is 1. The van der Waals surface area contributed by atoms with Gasteiger partial charge < -0.3 is 15.2 Å². The van der Waals surface area contributed by atoms with Gasteiger partial charge in [-0.1, -0.05) is 48.0 Å². The van der Waals surface area contributed by atoms with Crippen LogP contribution < -0.4 is 10.1 Å². The van der Waals surface area contributed by atoms with Crippen LogP contribution in [-0.4, -0.2) is 5.11 Å². The number of phenolic OH excluding ortho intramolecular Hbond substituents is 1. The van der Waals surface area contributed by atoms with Crippen molar-refractivity contribution in [1.82, 2.24) is 0 Å². The van der Waals surface area contributed by atoms with Crippen LogP contribution in [0.5, 0.6) is 11.5 Å². The second-order valence-electron chi connectivity index (χ2n) is 5.79. The summed E-state index contributed by atoms with van der Waals surface area (Å²) in [6.45, 7) is 3.30. The molecule has 0 saturated heterocycles. The smallest absolute Gasteiger partial charge is 0.124 e. The molecule has 3 nitrogen and oxygen atoms in total. The molecule has 122 valence electrons. The van der Waals surface area contributed by atoms with Gasteiger partial charge in [-0.2, -0.15) is 0 Å². The summed E-state index contributed by atoms with van der Waals surface area (Å²) >= 11 is 0. The lowest BCUT2D eigenvalue weighted by molar-refractivity contribution is 0.303. The lowest BCUT2D eigenvalue weighted by Gasteiger charge is -2.13. The molecule has 0 fully saturated rings. The Labute approximate surface area is 142 Å². The van der Waals surface area contributed by atoms with Crippen LogP contribution in [0.2, 0.25) is 0 Å². The van der Waals surface area contributed by atoms with E-state index in [4.69, 9.17) is 4.74 Å². The molecule has 24 heavy (non-hydrogen) atoms. The highest BCUT2D eigenvalue weighted by atomic mass is 16.5. The predicted molar refractivity (Wildman–Crippen MR) is 97.4 cm³/mol. The highest BCUT2D eigenvalue weighted by Gasteiger charge is 2.04. The minimum Gasteiger partial charge on any atom is -0.508 e. The van der Waals surface area contributed by atoms with Crippen LogP contribution in [-0.2, 0) is 13.2 Å². The first-order valence-electron chi connectivity index (χ1n) is 8.00. The number of hydrogen-bond donors (Lipinski definition) is 2. The van der Waals surface area contributed by atoms with Gasteiger partial charge in [0.05, 0.1) is 0 Å². The highest BCUT2D eigenvalue weighted by Crippen LogP contribution is 2.22. The van der Waals surface area contributed by atoms with E-state index in [1.807, 2.05) is 36.4 Å². The van der Waals surface area contributed by atoms with E-state index in [1.54, 1.807) is 12.1 Å². The van der Waals surface area contributed by atoms with E-state index in [-0.39, 0.29) is 5.75 Å². The lowest BCUT2D eigenvalue weighted by atomic mass is 10.1. The highest BCUT2D eigenvalue weighted by molar-refractivity contribution is 5.47. The maximum absolute atomic E-state index is 9.34. The van der Waals surface area contributed by atoms with Crippen molar-refractivity contribution in [3.8, 4) is 11.5 Å². The van der Waals surface area contributed by atoms with E-state index in [9.17, 15) is 5.11 Å². The molecule has 3 aromatic carbocycles. The van der Waals surface area contributed by atoms with Gasteiger partial charge in [-0.3, -0.25) is 0 Å². The zero-order chi connectivity index (χ0) is 16.8. The van der Waals surface area contributed by atoms with Gasteiger partial charge in [-0.05, 0) is 42.8 Å². The van der Waals surface area contributed by atoms with Gasteiger partial charge >= 0.3 is 0 Å². The molecule has 0 aliphatic heterocycles. The molecule has 0 amide bonds. The SMILES string of the molecule is Cc1cccc(COc2ccccc2CNc2ccc(O)cc2)c1. The molecule has 0 bridgehead atoms. The molecule has 0 atom stereocenters. The number of hydrogen-bond acceptors (Lipinski definition) is 3. The third kappa shape index (κ3) is 4.29. The van der Waals surface area contributed by atoms with E-state index in [0.717, 1.165) is 22.6 Å². The fourth-order valence-corrected chi connectivity index (χ4v) is 2.53. The number of para-hydroxylation sites is 1. The van der Waals surface area contributed by atoms with E-state index in [1.165, 1.54) is 5.56 Å². The zero-order valence-corrected chi connectivity index (χ0v) is 13.7. The molecule has 0 aliphatic carbocycles. The zero-order valence-electron chi connectivity index (χ0n) is 13.7. The summed E-state index contributed by atoms with van der Waals surface area (Å²) in [5, 5.41) is 12.7. The number of anilines is 1. The van der Waals surface area contributed by atoms with Crippen LogP contribution >= 0.6 is 0 Å². The summed E-state index contributed by atoms with van der Waals surface area (Å²) in [6.07, 6.45) is 0. The number of rotatable bonds is 6. The molecular formula is C21H21NO2. The van der Waals surface area contributed by atoms with Gasteiger partial charge in [0.2, 0.25) is 0 Å². The summed E-state index contributed by atoms with van der Waals surface area (Å²) in [4.78, 5) is 0. The van der Waals surface area contributed by atoms with E-state index in [0.29, 0.717) is 13.2 Å². The van der Waals surface area contributed by atoms with Crippen molar-refractivity contribution < 1.29 is 9.84 Å². The molecule has 0 radical (unpaired) electrons. The average Bonchev–Trinajstić information content (AvgIpc) is 2.60. The standard InChI is InChI=1S/C21H21NO2/c1-16-5-4-6-17(13-16)15-24-21-8-3-2-7-18(21)14-22-19-9-11-20(23)12-10-19/h2-13,22-23H,14-15H2,1H3. The number of nitrogens with one attached hydrogen (secondary N) is 1. The van der Waals surface area contributed by atoms with Crippen LogP contribution in [0.25, 0.3) is 0 Å². The van der Waals surface area contributed by atoms with Crippen molar-refractivity contribution in [2.75, 3.05) is 5.32 Å². The van der Waals surface area contributed by atoms with Crippen LogP contribution in [0.4, 0.5) is 5.69 Å². The third-order valence-corrected chi connectivity index (χ3v) is 3.80. The fraction of sp³-hybridized carbons (Fsp3) is 0.143. The summed E-state index contributed by atoms with van der Waals surface area (Å²) in [5.41, 5.74) is 4.45. The first kappa shape index (κ1) is 15.9. The second-order valence-corrected chi connectivity index (χ2v) is 5.79. The molecule has 0 spiro atoms. The van der Waals surface area contributed by atoms with E-state index < -0.39 is 0 Å². The molecule has 0 saturated carbocycles. The fourth-order valence-electron chi connectivity index (χ4n) is 2.53. The predicted octanol–water partition coefficient (Wildman–Crippen LogP) is 4.89. The van der Waals surface area contributed by atoms with Crippen molar-refractivity contribution in [1.29, 1.82) is 0 Å². The Kier molecular flexibility index (Phi) is 5.02. The van der Waals surface area contributed by atoms with Gasteiger partial charge in [0.25, 0.3) is 0 Å². The first-order chi connectivity index (χ1) is 11.7. The van der Waals surface area contributed by atoms with Crippen LogP contribution in [0.3, 0.4) is 0 Å². The monoisotopic (exact) mass is 319 g/mol. The van der Waals surface area contributed by atoms with Gasteiger partial charge in [0, 0.05) is 17.8 Å². The minimum absolute atomic E-state index is 0.266. The topological polar surface area (TPSA) is 41.5 Å². The summed E-state index contributed by atoms with van der Waals surface area (Å²) in [5.74, 6) is 1.15. The Balaban J connectivity index is 1.65. The third-order valence-electron chi connectivity index (χ3n) is 3.80. The normalized spacial score (nSPS) is 10.4. The Morgan fingerprint density at radius 2 is 1.71 bits per heavy atom. The van der Waals surface area contributed by atoms with Crippen molar-refractivity contribution in [2.45, 2.75) is 20.1 Å². The molecule has 3 rings (SSSR count). The maximum Gasteiger partial charge on any atom is 0.124 e. The second kappa shape index (κ2) is 7.55. The van der Waals surface area contributed by atoms with Crippen molar-refractivity contribution >= 4 is 5.69 Å². The van der Waals surface area contributed by atoms with E-state index in [2.05, 4.69) is 36.5 Å². The Hall–Kier alpha value is -2.94. The molecule has 0 aliphatic rings. The molecule has 3 aromatic rings. The largest absolute Gasteiger partial charge is 0.508 e. The number of benzene rings is 3. The maximum atomic E-state index is 9.34. The van der Waals surface area contributed by atoms with Crippen molar-refractivity contribution in [3.05, 3.63) is 89.5 Å². The number of ether oxygens (including phenoxy) is 1. The molecular weight excluding hydrogens is 298 g/mol. The minimum atomic E-state index is 0.266. The summed E-state index contributed by atoms with van der Waals surface area (Å²) in [7, 11) is 0. The van der Waals surface area contributed by atoms with Crippen LogP contribution in [0, 0.1) is 6.92 Å². The van der Waals surface area contributed by atoms with Gasteiger partial charge in [-0.25, -0.2) is 0 Å². The molecule has 0 heterocycles. The van der Waals surface area contributed by atoms with Crippen LogP contribution in [0.1, 0.15) is 16.7 Å². The molecule has 3 heteroatoms. The Morgan fingerprint density at radius 3 is 2.50 bits per heavy atom. The average molecular weight is 319 g/mol. The van der Waals surface area contributed by atoms with Crippen molar-refractivity contribution in [2.24, 2.45) is 0 Å².